The van der Waals surface area contributed by atoms with E-state index in [0.29, 0.717) is 18.3 Å². The lowest BCUT2D eigenvalue weighted by molar-refractivity contribution is -0.0620. The van der Waals surface area contributed by atoms with Crippen LogP contribution in [0.1, 0.15) is 38.7 Å². The van der Waals surface area contributed by atoms with Gasteiger partial charge < -0.3 is 5.11 Å². The first-order valence-electron chi connectivity index (χ1n) is 6.59. The highest BCUT2D eigenvalue weighted by Gasteiger charge is 2.39. The number of hydrogen-bond acceptors (Lipinski definition) is 1. The molecule has 1 aromatic carbocycles. The first-order chi connectivity index (χ1) is 8.42. The van der Waals surface area contributed by atoms with E-state index in [9.17, 15) is 5.11 Å². The first kappa shape index (κ1) is 14.4. The summed E-state index contributed by atoms with van der Waals surface area (Å²) in [6.07, 6.45) is 3.86. The van der Waals surface area contributed by atoms with Crippen LogP contribution in [0, 0.1) is 11.8 Å². The second-order valence-corrected chi connectivity index (χ2v) is 7.00. The van der Waals surface area contributed by atoms with Crippen LogP contribution in [-0.2, 0) is 6.42 Å². The van der Waals surface area contributed by atoms with E-state index in [-0.39, 0.29) is 0 Å². The van der Waals surface area contributed by atoms with Gasteiger partial charge >= 0.3 is 0 Å². The number of rotatable bonds is 2. The van der Waals surface area contributed by atoms with Crippen molar-refractivity contribution in [2.24, 2.45) is 11.8 Å². The SMILES string of the molecule is CC1CCCC(O)(Cc2ccc(Br)cc2Cl)C1C. The van der Waals surface area contributed by atoms with Gasteiger partial charge in [0.1, 0.15) is 0 Å². The third kappa shape index (κ3) is 2.92. The molecule has 18 heavy (non-hydrogen) atoms. The second-order valence-electron chi connectivity index (χ2n) is 5.67. The van der Waals surface area contributed by atoms with Crippen LogP contribution in [0.3, 0.4) is 0 Å². The molecule has 1 saturated carbocycles. The molecule has 0 aliphatic heterocycles. The fraction of sp³-hybridized carbons (Fsp3) is 0.600. The standard InChI is InChI=1S/C15H20BrClO/c1-10-4-3-7-15(18,11(10)2)9-12-5-6-13(16)8-14(12)17/h5-6,8,10-11,18H,3-4,7,9H2,1-2H3. The van der Waals surface area contributed by atoms with Crippen molar-refractivity contribution in [2.45, 2.75) is 45.1 Å². The summed E-state index contributed by atoms with van der Waals surface area (Å²) in [7, 11) is 0. The Hall–Kier alpha value is -0.0500. The summed E-state index contributed by atoms with van der Waals surface area (Å²) in [4.78, 5) is 0. The Labute approximate surface area is 123 Å². The van der Waals surface area contributed by atoms with Gasteiger partial charge in [-0.15, -0.1) is 0 Å². The fourth-order valence-corrected chi connectivity index (χ4v) is 3.72. The molecule has 1 aliphatic rings. The normalized spacial score (nSPS) is 32.5. The summed E-state index contributed by atoms with van der Waals surface area (Å²) in [6.45, 7) is 4.40. The predicted octanol–water partition coefficient (Wildman–Crippen LogP) is 4.83. The molecule has 0 heterocycles. The van der Waals surface area contributed by atoms with E-state index in [1.54, 1.807) is 0 Å². The monoisotopic (exact) mass is 330 g/mol. The summed E-state index contributed by atoms with van der Waals surface area (Å²) in [5.41, 5.74) is 0.443. The van der Waals surface area contributed by atoms with Crippen molar-refractivity contribution in [3.05, 3.63) is 33.3 Å². The van der Waals surface area contributed by atoms with Gasteiger partial charge in [-0.05, 0) is 36.0 Å². The molecule has 0 radical (unpaired) electrons. The Morgan fingerprint density at radius 2 is 2.17 bits per heavy atom. The fourth-order valence-electron chi connectivity index (χ4n) is 2.98. The molecule has 2 rings (SSSR count). The van der Waals surface area contributed by atoms with Crippen LogP contribution in [0.4, 0.5) is 0 Å². The van der Waals surface area contributed by atoms with Crippen LogP contribution >= 0.6 is 27.5 Å². The lowest BCUT2D eigenvalue weighted by atomic mass is 9.68. The minimum atomic E-state index is -0.602. The molecule has 3 atom stereocenters. The molecule has 0 amide bonds. The van der Waals surface area contributed by atoms with Crippen molar-refractivity contribution in [1.29, 1.82) is 0 Å². The van der Waals surface area contributed by atoms with Crippen LogP contribution in [-0.4, -0.2) is 10.7 Å². The van der Waals surface area contributed by atoms with Crippen LogP contribution in [0.5, 0.6) is 0 Å². The maximum absolute atomic E-state index is 10.9. The van der Waals surface area contributed by atoms with E-state index in [4.69, 9.17) is 11.6 Å². The van der Waals surface area contributed by atoms with E-state index < -0.39 is 5.60 Å². The van der Waals surface area contributed by atoms with Gasteiger partial charge in [0.25, 0.3) is 0 Å². The molecule has 1 N–H and O–H groups in total. The molecule has 3 heteroatoms. The molecule has 1 aromatic rings. The largest absolute Gasteiger partial charge is 0.389 e. The lowest BCUT2D eigenvalue weighted by Crippen LogP contribution is -2.44. The zero-order chi connectivity index (χ0) is 13.3. The van der Waals surface area contributed by atoms with Gasteiger partial charge in [-0.3, -0.25) is 0 Å². The Balaban J connectivity index is 2.21. The zero-order valence-corrected chi connectivity index (χ0v) is 13.3. The maximum Gasteiger partial charge on any atom is 0.0716 e. The van der Waals surface area contributed by atoms with E-state index in [1.807, 2.05) is 18.2 Å². The maximum atomic E-state index is 10.9. The van der Waals surface area contributed by atoms with Gasteiger partial charge in [0.2, 0.25) is 0 Å². The van der Waals surface area contributed by atoms with Crippen molar-refractivity contribution >= 4 is 27.5 Å². The highest BCUT2D eigenvalue weighted by atomic mass is 79.9. The van der Waals surface area contributed by atoms with E-state index >= 15 is 0 Å². The van der Waals surface area contributed by atoms with Gasteiger partial charge in [0, 0.05) is 15.9 Å². The third-order valence-electron chi connectivity index (χ3n) is 4.48. The molecule has 1 nitrogen and oxygen atoms in total. The minimum absolute atomic E-state index is 0.325. The molecule has 100 valence electrons. The van der Waals surface area contributed by atoms with Crippen molar-refractivity contribution in [3.8, 4) is 0 Å². The average Bonchev–Trinajstić information content (AvgIpc) is 2.30. The summed E-state index contributed by atoms with van der Waals surface area (Å²) in [5.74, 6) is 0.906. The summed E-state index contributed by atoms with van der Waals surface area (Å²) in [6, 6.07) is 5.90. The number of halogens is 2. The molecule has 0 spiro atoms. The zero-order valence-electron chi connectivity index (χ0n) is 10.9. The Kier molecular flexibility index (Phi) is 4.40. The molecule has 0 aromatic heterocycles. The van der Waals surface area contributed by atoms with Gasteiger partial charge in [0.15, 0.2) is 0 Å². The van der Waals surface area contributed by atoms with Gasteiger partial charge in [-0.25, -0.2) is 0 Å². The number of hydrogen-bond donors (Lipinski definition) is 1. The predicted molar refractivity (Wildman–Crippen MR) is 80.0 cm³/mol. The first-order valence-corrected chi connectivity index (χ1v) is 7.76. The second kappa shape index (κ2) is 5.52. The smallest absolute Gasteiger partial charge is 0.0716 e. The van der Waals surface area contributed by atoms with Crippen LogP contribution < -0.4 is 0 Å². The summed E-state index contributed by atoms with van der Waals surface area (Å²) >= 11 is 9.66. The van der Waals surface area contributed by atoms with Crippen LogP contribution in [0.2, 0.25) is 5.02 Å². The average molecular weight is 332 g/mol. The minimum Gasteiger partial charge on any atom is -0.389 e. The molecule has 1 aliphatic carbocycles. The highest BCUT2D eigenvalue weighted by molar-refractivity contribution is 9.10. The Bertz CT molecular complexity index is 435. The van der Waals surface area contributed by atoms with E-state index in [0.717, 1.165) is 27.9 Å². The molecular weight excluding hydrogens is 312 g/mol. The van der Waals surface area contributed by atoms with Crippen LogP contribution in [0.25, 0.3) is 0 Å². The van der Waals surface area contributed by atoms with Gasteiger partial charge in [-0.1, -0.05) is 60.3 Å². The van der Waals surface area contributed by atoms with E-state index in [1.165, 1.54) is 6.42 Å². The molecule has 0 bridgehead atoms. The van der Waals surface area contributed by atoms with Crippen molar-refractivity contribution < 1.29 is 5.11 Å². The van der Waals surface area contributed by atoms with Crippen LogP contribution in [0.15, 0.2) is 22.7 Å². The third-order valence-corrected chi connectivity index (χ3v) is 5.33. The quantitative estimate of drug-likeness (QED) is 0.822. The summed E-state index contributed by atoms with van der Waals surface area (Å²) < 4.78 is 0.980. The van der Waals surface area contributed by atoms with Crippen molar-refractivity contribution in [1.82, 2.24) is 0 Å². The molecule has 1 fully saturated rings. The number of aliphatic hydroxyl groups is 1. The summed E-state index contributed by atoms with van der Waals surface area (Å²) in [5, 5.41) is 11.6. The van der Waals surface area contributed by atoms with Gasteiger partial charge in [0.05, 0.1) is 5.60 Å². The van der Waals surface area contributed by atoms with Crippen molar-refractivity contribution in [3.63, 3.8) is 0 Å². The molecule has 3 unspecified atom stereocenters. The van der Waals surface area contributed by atoms with Gasteiger partial charge in [-0.2, -0.15) is 0 Å². The molecule has 0 saturated heterocycles. The van der Waals surface area contributed by atoms with E-state index in [2.05, 4.69) is 29.8 Å². The number of benzene rings is 1. The Morgan fingerprint density at radius 3 is 2.83 bits per heavy atom. The topological polar surface area (TPSA) is 20.2 Å². The Morgan fingerprint density at radius 1 is 1.44 bits per heavy atom. The van der Waals surface area contributed by atoms with Crippen molar-refractivity contribution in [2.75, 3.05) is 0 Å². The highest BCUT2D eigenvalue weighted by Crippen LogP contribution is 2.40. The lowest BCUT2D eigenvalue weighted by Gasteiger charge is -2.42. The molecular formula is C15H20BrClO.